The summed E-state index contributed by atoms with van der Waals surface area (Å²) in [6.07, 6.45) is 3.65. The van der Waals surface area contributed by atoms with E-state index < -0.39 is 0 Å². The van der Waals surface area contributed by atoms with Crippen LogP contribution in [0, 0.1) is 0 Å². The van der Waals surface area contributed by atoms with Gasteiger partial charge in [0.2, 0.25) is 0 Å². The van der Waals surface area contributed by atoms with Crippen molar-refractivity contribution in [1.82, 2.24) is 15.1 Å². The molecule has 4 heteroatoms. The molecule has 2 rings (SSSR count). The SMILES string of the molecule is CCC(N1CCCC1)N(C)C(=O)NC(C)c1ccccc1. The third-order valence-corrected chi connectivity index (χ3v) is 4.33. The minimum absolute atomic E-state index is 0.00473. The summed E-state index contributed by atoms with van der Waals surface area (Å²) in [6.45, 7) is 6.38. The molecule has 1 aliphatic heterocycles. The zero-order chi connectivity index (χ0) is 15.2. The van der Waals surface area contributed by atoms with E-state index in [1.807, 2.05) is 49.2 Å². The molecule has 1 heterocycles. The van der Waals surface area contributed by atoms with Crippen molar-refractivity contribution in [2.24, 2.45) is 0 Å². The number of urea groups is 1. The third-order valence-electron chi connectivity index (χ3n) is 4.33. The van der Waals surface area contributed by atoms with Crippen molar-refractivity contribution >= 4 is 6.03 Å². The van der Waals surface area contributed by atoms with Crippen LogP contribution in [0.3, 0.4) is 0 Å². The molecule has 1 aromatic rings. The van der Waals surface area contributed by atoms with E-state index in [2.05, 4.69) is 17.1 Å². The maximum absolute atomic E-state index is 12.5. The van der Waals surface area contributed by atoms with Crippen molar-refractivity contribution in [3.63, 3.8) is 0 Å². The van der Waals surface area contributed by atoms with Gasteiger partial charge in [-0.05, 0) is 31.7 Å². The summed E-state index contributed by atoms with van der Waals surface area (Å²) in [5.74, 6) is 0. The monoisotopic (exact) mass is 289 g/mol. The Bertz CT molecular complexity index is 443. The molecule has 2 atom stereocenters. The summed E-state index contributed by atoms with van der Waals surface area (Å²) >= 11 is 0. The van der Waals surface area contributed by atoms with Crippen molar-refractivity contribution < 1.29 is 4.79 Å². The van der Waals surface area contributed by atoms with Crippen LogP contribution in [0.2, 0.25) is 0 Å². The zero-order valence-electron chi connectivity index (χ0n) is 13.4. The molecule has 21 heavy (non-hydrogen) atoms. The predicted octanol–water partition coefficient (Wildman–Crippen LogP) is 3.22. The Labute approximate surface area is 128 Å². The number of nitrogens with one attached hydrogen (secondary N) is 1. The Morgan fingerprint density at radius 2 is 1.90 bits per heavy atom. The highest BCUT2D eigenvalue weighted by Crippen LogP contribution is 2.17. The molecule has 116 valence electrons. The van der Waals surface area contributed by atoms with Gasteiger partial charge in [-0.25, -0.2) is 4.79 Å². The lowest BCUT2D eigenvalue weighted by atomic mass is 10.1. The summed E-state index contributed by atoms with van der Waals surface area (Å²) in [7, 11) is 1.90. The number of amides is 2. The van der Waals surface area contributed by atoms with Crippen molar-refractivity contribution in [3.8, 4) is 0 Å². The standard InChI is InChI=1S/C17H27N3O/c1-4-16(20-12-8-9-13-20)19(3)17(21)18-14(2)15-10-6-5-7-11-15/h5-7,10-11,14,16H,4,8-9,12-13H2,1-3H3,(H,18,21). The van der Waals surface area contributed by atoms with E-state index in [1.54, 1.807) is 0 Å². The van der Waals surface area contributed by atoms with Crippen molar-refractivity contribution in [3.05, 3.63) is 35.9 Å². The molecule has 1 aromatic carbocycles. The predicted molar refractivity (Wildman–Crippen MR) is 86.0 cm³/mol. The molecular weight excluding hydrogens is 262 g/mol. The van der Waals surface area contributed by atoms with E-state index in [0.717, 1.165) is 25.1 Å². The normalized spacial score (nSPS) is 18.2. The number of likely N-dealkylation sites (tertiary alicyclic amines) is 1. The summed E-state index contributed by atoms with van der Waals surface area (Å²) < 4.78 is 0. The third kappa shape index (κ3) is 3.97. The van der Waals surface area contributed by atoms with Crippen molar-refractivity contribution in [1.29, 1.82) is 0 Å². The molecule has 0 spiro atoms. The van der Waals surface area contributed by atoms with Gasteiger partial charge in [0.15, 0.2) is 0 Å². The topological polar surface area (TPSA) is 35.6 Å². The quantitative estimate of drug-likeness (QED) is 0.903. The highest BCUT2D eigenvalue weighted by Gasteiger charge is 2.27. The second kappa shape index (κ2) is 7.46. The van der Waals surface area contributed by atoms with Gasteiger partial charge in [0.1, 0.15) is 0 Å². The molecule has 0 aliphatic carbocycles. The van der Waals surface area contributed by atoms with Gasteiger partial charge in [-0.3, -0.25) is 4.90 Å². The van der Waals surface area contributed by atoms with Gasteiger partial charge >= 0.3 is 6.03 Å². The largest absolute Gasteiger partial charge is 0.331 e. The van der Waals surface area contributed by atoms with Crippen molar-refractivity contribution in [2.45, 2.75) is 45.3 Å². The molecule has 0 aromatic heterocycles. The first kappa shape index (κ1) is 15.8. The fourth-order valence-corrected chi connectivity index (χ4v) is 3.06. The maximum Gasteiger partial charge on any atom is 0.318 e. The summed E-state index contributed by atoms with van der Waals surface area (Å²) in [5, 5.41) is 3.09. The Hall–Kier alpha value is -1.55. The second-order valence-corrected chi connectivity index (χ2v) is 5.82. The number of hydrogen-bond acceptors (Lipinski definition) is 2. The fraction of sp³-hybridized carbons (Fsp3) is 0.588. The van der Waals surface area contributed by atoms with Crippen LogP contribution in [-0.4, -0.2) is 42.1 Å². The van der Waals surface area contributed by atoms with Gasteiger partial charge in [0, 0.05) is 20.1 Å². The minimum Gasteiger partial charge on any atom is -0.331 e. The lowest BCUT2D eigenvalue weighted by Crippen LogP contribution is -2.51. The van der Waals surface area contributed by atoms with Crippen LogP contribution in [0.5, 0.6) is 0 Å². The fourth-order valence-electron chi connectivity index (χ4n) is 3.06. The average molecular weight is 289 g/mol. The van der Waals surface area contributed by atoms with E-state index in [9.17, 15) is 4.79 Å². The number of benzene rings is 1. The Morgan fingerprint density at radius 3 is 2.48 bits per heavy atom. The van der Waals surface area contributed by atoms with E-state index >= 15 is 0 Å². The molecule has 0 saturated carbocycles. The average Bonchev–Trinajstić information content (AvgIpc) is 3.02. The van der Waals surface area contributed by atoms with Gasteiger partial charge in [-0.15, -0.1) is 0 Å². The van der Waals surface area contributed by atoms with Gasteiger partial charge in [-0.2, -0.15) is 0 Å². The molecule has 0 bridgehead atoms. The van der Waals surface area contributed by atoms with Crippen LogP contribution in [0.4, 0.5) is 4.79 Å². The van der Waals surface area contributed by atoms with E-state index in [-0.39, 0.29) is 18.2 Å². The molecule has 2 unspecified atom stereocenters. The van der Waals surface area contributed by atoms with Crippen LogP contribution in [-0.2, 0) is 0 Å². The van der Waals surface area contributed by atoms with Crippen LogP contribution in [0.1, 0.15) is 44.7 Å². The highest BCUT2D eigenvalue weighted by molar-refractivity contribution is 5.74. The number of carbonyl (C=O) groups excluding carboxylic acids is 1. The van der Waals surface area contributed by atoms with E-state index in [4.69, 9.17) is 0 Å². The molecule has 2 amide bonds. The summed E-state index contributed by atoms with van der Waals surface area (Å²) in [5.41, 5.74) is 1.13. The first-order valence-corrected chi connectivity index (χ1v) is 7.95. The molecule has 1 aliphatic rings. The van der Waals surface area contributed by atoms with E-state index in [1.165, 1.54) is 12.8 Å². The molecular formula is C17H27N3O. The zero-order valence-corrected chi connectivity index (χ0v) is 13.4. The molecule has 1 fully saturated rings. The first-order chi connectivity index (χ1) is 10.1. The molecule has 4 nitrogen and oxygen atoms in total. The number of nitrogens with zero attached hydrogens (tertiary/aromatic N) is 2. The van der Waals surface area contributed by atoms with E-state index in [0.29, 0.717) is 0 Å². The van der Waals surface area contributed by atoms with Gasteiger partial charge in [-0.1, -0.05) is 37.3 Å². The molecule has 1 saturated heterocycles. The van der Waals surface area contributed by atoms with Gasteiger partial charge in [0.05, 0.1) is 12.2 Å². The van der Waals surface area contributed by atoms with Crippen molar-refractivity contribution in [2.75, 3.05) is 20.1 Å². The number of carbonyl (C=O) groups is 1. The Kier molecular flexibility index (Phi) is 5.62. The Balaban J connectivity index is 1.95. The summed E-state index contributed by atoms with van der Waals surface area (Å²) in [4.78, 5) is 16.7. The highest BCUT2D eigenvalue weighted by atomic mass is 16.2. The van der Waals surface area contributed by atoms with Crippen LogP contribution in [0.15, 0.2) is 30.3 Å². The lowest BCUT2D eigenvalue weighted by molar-refractivity contribution is 0.0953. The Morgan fingerprint density at radius 1 is 1.29 bits per heavy atom. The van der Waals surface area contributed by atoms with Crippen LogP contribution >= 0.6 is 0 Å². The second-order valence-electron chi connectivity index (χ2n) is 5.82. The smallest absolute Gasteiger partial charge is 0.318 e. The number of hydrogen-bond donors (Lipinski definition) is 1. The first-order valence-electron chi connectivity index (χ1n) is 7.95. The van der Waals surface area contributed by atoms with Gasteiger partial charge in [0.25, 0.3) is 0 Å². The molecule has 1 N–H and O–H groups in total. The number of rotatable bonds is 5. The maximum atomic E-state index is 12.5. The lowest BCUT2D eigenvalue weighted by Gasteiger charge is -2.35. The van der Waals surface area contributed by atoms with Crippen LogP contribution in [0.25, 0.3) is 0 Å². The molecule has 0 radical (unpaired) electrons. The van der Waals surface area contributed by atoms with Crippen LogP contribution < -0.4 is 5.32 Å². The summed E-state index contributed by atoms with van der Waals surface area (Å²) in [6, 6.07) is 10.1. The van der Waals surface area contributed by atoms with Gasteiger partial charge < -0.3 is 10.2 Å². The minimum atomic E-state index is 0.00473.